The van der Waals surface area contributed by atoms with Gasteiger partial charge in [-0.3, -0.25) is 10.1 Å². The smallest absolute Gasteiger partial charge is 0.315 e. The van der Waals surface area contributed by atoms with Crippen LogP contribution in [0.5, 0.6) is 0 Å². The number of nitrogens with zero attached hydrogens (tertiary/aromatic N) is 2. The molecule has 0 unspecified atom stereocenters. The van der Waals surface area contributed by atoms with Gasteiger partial charge in [-0.2, -0.15) is 0 Å². The van der Waals surface area contributed by atoms with E-state index in [0.717, 1.165) is 42.1 Å². The Hall–Kier alpha value is -2.17. The first-order chi connectivity index (χ1) is 10.2. The van der Waals surface area contributed by atoms with Crippen LogP contribution in [-0.4, -0.2) is 17.0 Å². The lowest BCUT2D eigenvalue weighted by molar-refractivity contribution is -0.384. The molecule has 1 aliphatic carbocycles. The highest BCUT2D eigenvalue weighted by atomic mass is 16.6. The standard InChI is InChI=1S/C16H19N3O2/c1-17-16-15(19(20)21)14(11-7-3-2-4-8-11)12-9-5-6-10-13(12)18-16/h5-6,9-11H,2-4,7-8H2,1H3,(H,17,18). The fourth-order valence-electron chi connectivity index (χ4n) is 3.39. The molecule has 3 rings (SSSR count). The highest BCUT2D eigenvalue weighted by Crippen LogP contribution is 2.43. The van der Waals surface area contributed by atoms with Gasteiger partial charge in [-0.05, 0) is 24.8 Å². The Bertz CT molecular complexity index is 679. The van der Waals surface area contributed by atoms with Crippen LogP contribution in [0.4, 0.5) is 11.5 Å². The zero-order chi connectivity index (χ0) is 14.8. The lowest BCUT2D eigenvalue weighted by Gasteiger charge is -2.23. The first-order valence-corrected chi connectivity index (χ1v) is 7.47. The zero-order valence-electron chi connectivity index (χ0n) is 12.1. The molecule has 21 heavy (non-hydrogen) atoms. The summed E-state index contributed by atoms with van der Waals surface area (Å²) in [6.45, 7) is 0. The number of pyridine rings is 1. The third kappa shape index (κ3) is 2.44. The van der Waals surface area contributed by atoms with Gasteiger partial charge in [0.15, 0.2) is 0 Å². The third-order valence-corrected chi connectivity index (χ3v) is 4.34. The second kappa shape index (κ2) is 5.68. The lowest BCUT2D eigenvalue weighted by atomic mass is 9.82. The Morgan fingerprint density at radius 2 is 1.95 bits per heavy atom. The Morgan fingerprint density at radius 1 is 1.24 bits per heavy atom. The number of nitrogens with one attached hydrogen (secondary N) is 1. The fourth-order valence-corrected chi connectivity index (χ4v) is 3.39. The quantitative estimate of drug-likeness (QED) is 0.676. The molecule has 1 fully saturated rings. The monoisotopic (exact) mass is 285 g/mol. The van der Waals surface area contributed by atoms with E-state index in [4.69, 9.17) is 0 Å². The van der Waals surface area contributed by atoms with Crippen LogP contribution < -0.4 is 5.32 Å². The molecule has 0 bridgehead atoms. The van der Waals surface area contributed by atoms with Gasteiger partial charge in [0.25, 0.3) is 0 Å². The highest BCUT2D eigenvalue weighted by Gasteiger charge is 2.30. The Morgan fingerprint density at radius 3 is 2.62 bits per heavy atom. The van der Waals surface area contributed by atoms with Gasteiger partial charge in [0.2, 0.25) is 5.82 Å². The number of benzene rings is 1. The molecule has 1 aromatic carbocycles. The van der Waals surface area contributed by atoms with Gasteiger partial charge in [0.1, 0.15) is 0 Å². The molecule has 1 aliphatic rings. The van der Waals surface area contributed by atoms with Crippen molar-refractivity contribution in [1.29, 1.82) is 0 Å². The number of hydrogen-bond acceptors (Lipinski definition) is 4. The molecule has 0 aliphatic heterocycles. The molecule has 0 atom stereocenters. The van der Waals surface area contributed by atoms with Crippen molar-refractivity contribution in [2.24, 2.45) is 0 Å². The molecule has 1 aromatic heterocycles. The van der Waals surface area contributed by atoms with Crippen molar-refractivity contribution in [3.63, 3.8) is 0 Å². The summed E-state index contributed by atoms with van der Waals surface area (Å²) in [7, 11) is 1.69. The number of nitro groups is 1. The molecule has 2 aromatic rings. The third-order valence-electron chi connectivity index (χ3n) is 4.34. The molecule has 0 saturated heterocycles. The van der Waals surface area contributed by atoms with Crippen molar-refractivity contribution >= 4 is 22.4 Å². The molecule has 0 amide bonds. The van der Waals surface area contributed by atoms with Gasteiger partial charge in [-0.15, -0.1) is 0 Å². The number of para-hydroxylation sites is 1. The molecular formula is C16H19N3O2. The van der Waals surface area contributed by atoms with E-state index in [1.165, 1.54) is 6.42 Å². The Labute approximate surface area is 123 Å². The lowest BCUT2D eigenvalue weighted by Crippen LogP contribution is -2.11. The van der Waals surface area contributed by atoms with Crippen molar-refractivity contribution in [2.45, 2.75) is 38.0 Å². The summed E-state index contributed by atoms with van der Waals surface area (Å²) in [6, 6.07) is 7.73. The average molecular weight is 285 g/mol. The average Bonchev–Trinajstić information content (AvgIpc) is 2.53. The van der Waals surface area contributed by atoms with Gasteiger partial charge in [0, 0.05) is 18.0 Å². The summed E-state index contributed by atoms with van der Waals surface area (Å²) in [6.07, 6.45) is 5.57. The molecule has 0 spiro atoms. The van der Waals surface area contributed by atoms with Gasteiger partial charge in [0.05, 0.1) is 10.4 Å². The molecule has 1 N–H and O–H groups in total. The number of anilines is 1. The Kier molecular flexibility index (Phi) is 3.73. The van der Waals surface area contributed by atoms with E-state index < -0.39 is 0 Å². The summed E-state index contributed by atoms with van der Waals surface area (Å²) in [4.78, 5) is 15.7. The van der Waals surface area contributed by atoms with E-state index in [1.807, 2.05) is 24.3 Å². The van der Waals surface area contributed by atoms with Crippen LogP contribution in [0.15, 0.2) is 24.3 Å². The molecule has 1 heterocycles. The van der Waals surface area contributed by atoms with Crippen LogP contribution in [-0.2, 0) is 0 Å². The predicted octanol–water partition coefficient (Wildman–Crippen LogP) is 4.23. The van der Waals surface area contributed by atoms with Crippen LogP contribution in [0.1, 0.15) is 43.6 Å². The van der Waals surface area contributed by atoms with Gasteiger partial charge >= 0.3 is 5.69 Å². The minimum Gasteiger partial charge on any atom is -0.367 e. The van der Waals surface area contributed by atoms with Crippen LogP contribution in [0.3, 0.4) is 0 Å². The SMILES string of the molecule is CNc1nc2ccccc2c(C2CCCCC2)c1[N+](=O)[O-]. The van der Waals surface area contributed by atoms with Gasteiger partial charge in [-0.25, -0.2) is 4.98 Å². The normalized spacial score (nSPS) is 16.0. The second-order valence-electron chi connectivity index (χ2n) is 5.58. The van der Waals surface area contributed by atoms with Crippen LogP contribution in [0, 0.1) is 10.1 Å². The number of rotatable bonds is 3. The van der Waals surface area contributed by atoms with Crippen molar-refractivity contribution in [1.82, 2.24) is 4.98 Å². The van der Waals surface area contributed by atoms with E-state index in [0.29, 0.717) is 5.82 Å². The first kappa shape index (κ1) is 13.8. The maximum Gasteiger partial charge on any atom is 0.315 e. The fraction of sp³-hybridized carbons (Fsp3) is 0.438. The maximum atomic E-state index is 11.6. The minimum absolute atomic E-state index is 0.156. The van der Waals surface area contributed by atoms with Crippen molar-refractivity contribution in [3.8, 4) is 0 Å². The molecule has 5 nitrogen and oxygen atoms in total. The van der Waals surface area contributed by atoms with Crippen molar-refractivity contribution in [3.05, 3.63) is 39.9 Å². The minimum atomic E-state index is -0.283. The highest BCUT2D eigenvalue weighted by molar-refractivity contribution is 5.89. The molecule has 1 saturated carbocycles. The molecular weight excluding hydrogens is 266 g/mol. The van der Waals surface area contributed by atoms with E-state index >= 15 is 0 Å². The summed E-state index contributed by atoms with van der Waals surface area (Å²) in [5.74, 6) is 0.637. The van der Waals surface area contributed by atoms with Crippen LogP contribution in [0.2, 0.25) is 0 Å². The largest absolute Gasteiger partial charge is 0.367 e. The molecule has 0 radical (unpaired) electrons. The molecule has 110 valence electrons. The number of aromatic nitrogens is 1. The number of hydrogen-bond donors (Lipinski definition) is 1. The van der Waals surface area contributed by atoms with E-state index in [2.05, 4.69) is 10.3 Å². The first-order valence-electron chi connectivity index (χ1n) is 7.47. The summed E-state index contributed by atoms with van der Waals surface area (Å²) < 4.78 is 0. The predicted molar refractivity (Wildman–Crippen MR) is 83.8 cm³/mol. The second-order valence-corrected chi connectivity index (χ2v) is 5.58. The zero-order valence-corrected chi connectivity index (χ0v) is 12.1. The van der Waals surface area contributed by atoms with Gasteiger partial charge < -0.3 is 5.32 Å². The summed E-state index contributed by atoms with van der Waals surface area (Å²) in [5, 5.41) is 15.4. The maximum absolute atomic E-state index is 11.6. The summed E-state index contributed by atoms with van der Waals surface area (Å²) in [5.41, 5.74) is 1.85. The van der Waals surface area contributed by atoms with Gasteiger partial charge in [-0.1, -0.05) is 37.5 Å². The summed E-state index contributed by atoms with van der Waals surface area (Å²) >= 11 is 0. The van der Waals surface area contributed by atoms with E-state index in [-0.39, 0.29) is 16.5 Å². The Balaban J connectivity index is 2.30. The topological polar surface area (TPSA) is 68.1 Å². The van der Waals surface area contributed by atoms with E-state index in [1.54, 1.807) is 7.05 Å². The van der Waals surface area contributed by atoms with Crippen LogP contribution in [0.25, 0.3) is 10.9 Å². The van der Waals surface area contributed by atoms with Crippen LogP contribution >= 0.6 is 0 Å². The number of fused-ring (bicyclic) bond motifs is 1. The van der Waals surface area contributed by atoms with Crippen molar-refractivity contribution < 1.29 is 4.92 Å². The van der Waals surface area contributed by atoms with Crippen molar-refractivity contribution in [2.75, 3.05) is 12.4 Å². The molecule has 5 heteroatoms. The van der Waals surface area contributed by atoms with E-state index in [9.17, 15) is 10.1 Å².